The van der Waals surface area contributed by atoms with Gasteiger partial charge in [-0.2, -0.15) is 0 Å². The summed E-state index contributed by atoms with van der Waals surface area (Å²) in [4.78, 5) is 0. The highest BCUT2D eigenvalue weighted by atomic mass is 28.4. The zero-order valence-electron chi connectivity index (χ0n) is 8.54. The molecule has 3 heteroatoms. The summed E-state index contributed by atoms with van der Waals surface area (Å²) in [5.41, 5.74) is 0. The Morgan fingerprint density at radius 1 is 1.18 bits per heavy atom. The fraction of sp³-hybridized carbons (Fsp3) is 1.00. The molecule has 0 aliphatic rings. The minimum atomic E-state index is -0.916. The number of nitrogens with one attached hydrogen (secondary N) is 1. The fourth-order valence-corrected chi connectivity index (χ4v) is 3.25. The second kappa shape index (κ2) is 5.97. The van der Waals surface area contributed by atoms with Gasteiger partial charge in [0, 0.05) is 0 Å². The Labute approximate surface area is 75.6 Å². The number of unbranched alkanes of at least 4 members (excludes halogenated alkanes) is 3. The Balaban J connectivity index is 3.23. The van der Waals surface area contributed by atoms with E-state index in [1.807, 2.05) is 0 Å². The zero-order valence-corrected chi connectivity index (χ0v) is 11.5. The van der Waals surface area contributed by atoms with E-state index in [9.17, 15) is 0 Å². The van der Waals surface area contributed by atoms with E-state index >= 15 is 0 Å². The molecule has 1 N–H and O–H groups in total. The highest BCUT2D eigenvalue weighted by Crippen LogP contribution is 2.11. The van der Waals surface area contributed by atoms with E-state index in [-0.39, 0.29) is 0 Å². The van der Waals surface area contributed by atoms with Gasteiger partial charge < -0.3 is 4.65 Å². The summed E-state index contributed by atoms with van der Waals surface area (Å²) >= 11 is 0. The lowest BCUT2D eigenvalue weighted by molar-refractivity contribution is 0.695. The van der Waals surface area contributed by atoms with Crippen molar-refractivity contribution in [3.63, 3.8) is 0 Å². The molecule has 0 aliphatic heterocycles. The Morgan fingerprint density at radius 3 is 2.27 bits per heavy atom. The smallest absolute Gasteiger partial charge is 0.112 e. The lowest BCUT2D eigenvalue weighted by Crippen LogP contribution is -2.42. The molecule has 68 valence electrons. The predicted molar refractivity (Wildman–Crippen MR) is 59.5 cm³/mol. The molecular formula is C8H23NSi2. The van der Waals surface area contributed by atoms with Gasteiger partial charge in [-0.3, -0.25) is 0 Å². The van der Waals surface area contributed by atoms with Gasteiger partial charge in [0.1, 0.15) is 8.24 Å². The summed E-state index contributed by atoms with van der Waals surface area (Å²) in [6.45, 7) is 7.14. The molecule has 11 heavy (non-hydrogen) atoms. The van der Waals surface area contributed by atoms with Crippen molar-refractivity contribution < 1.29 is 0 Å². The third-order valence-electron chi connectivity index (χ3n) is 2.33. The van der Waals surface area contributed by atoms with Gasteiger partial charge in [-0.05, 0) is 6.04 Å². The molecule has 0 radical (unpaired) electrons. The molecule has 0 aliphatic carbocycles. The van der Waals surface area contributed by atoms with Crippen molar-refractivity contribution in [2.45, 2.75) is 51.7 Å². The Kier molecular flexibility index (Phi) is 6.18. The van der Waals surface area contributed by atoms with Crippen LogP contribution in [0.4, 0.5) is 0 Å². The molecule has 0 bridgehead atoms. The van der Waals surface area contributed by atoms with Gasteiger partial charge in [0.2, 0.25) is 0 Å². The van der Waals surface area contributed by atoms with Crippen molar-refractivity contribution in [2.24, 2.45) is 0 Å². The average Bonchev–Trinajstić information content (AvgIpc) is 1.99. The lowest BCUT2D eigenvalue weighted by atomic mass is 10.2. The van der Waals surface area contributed by atoms with Crippen LogP contribution in [-0.2, 0) is 0 Å². The largest absolute Gasteiger partial charge is 0.367 e. The maximum atomic E-state index is 3.60. The van der Waals surface area contributed by atoms with E-state index in [4.69, 9.17) is 0 Å². The minimum absolute atomic E-state index is 0.916. The molecule has 0 atom stereocenters. The molecule has 0 unspecified atom stereocenters. The summed E-state index contributed by atoms with van der Waals surface area (Å²) in [7, 11) is 0.263. The molecule has 0 aromatic rings. The van der Waals surface area contributed by atoms with Crippen molar-refractivity contribution >= 4 is 18.6 Å². The van der Waals surface area contributed by atoms with Crippen LogP contribution in [0.25, 0.3) is 0 Å². The molecule has 0 spiro atoms. The van der Waals surface area contributed by atoms with Crippen LogP contribution in [0.5, 0.6) is 0 Å². The van der Waals surface area contributed by atoms with E-state index in [1.165, 1.54) is 42.1 Å². The number of hydrogen-bond acceptors (Lipinski definition) is 1. The predicted octanol–water partition coefficient (Wildman–Crippen LogP) is 1.64. The van der Waals surface area contributed by atoms with Crippen LogP contribution in [0.3, 0.4) is 0 Å². The van der Waals surface area contributed by atoms with E-state index < -0.39 is 8.24 Å². The van der Waals surface area contributed by atoms with Crippen LogP contribution < -0.4 is 4.65 Å². The normalized spacial score (nSPS) is 12.3. The number of hydrogen-bond donors (Lipinski definition) is 1. The Bertz CT molecular complexity index is 94.1. The molecule has 0 rings (SSSR count). The van der Waals surface area contributed by atoms with Crippen molar-refractivity contribution in [3.8, 4) is 0 Å². The number of rotatable bonds is 6. The minimum Gasteiger partial charge on any atom is -0.367 e. The van der Waals surface area contributed by atoms with Crippen LogP contribution >= 0.6 is 0 Å². The molecule has 0 fully saturated rings. The molecular weight excluding hydrogens is 166 g/mol. The molecule has 0 aromatic carbocycles. The third kappa shape index (κ3) is 6.78. The van der Waals surface area contributed by atoms with Gasteiger partial charge in [0.15, 0.2) is 0 Å². The highest BCUT2D eigenvalue weighted by molar-refractivity contribution is 6.78. The van der Waals surface area contributed by atoms with Gasteiger partial charge in [0.05, 0.1) is 10.4 Å². The topological polar surface area (TPSA) is 12.0 Å². The van der Waals surface area contributed by atoms with Gasteiger partial charge in [-0.25, -0.2) is 0 Å². The third-order valence-corrected chi connectivity index (χ3v) is 9.35. The van der Waals surface area contributed by atoms with Crippen LogP contribution in [0.1, 0.15) is 32.6 Å². The monoisotopic (exact) mass is 189 g/mol. The first kappa shape index (κ1) is 11.4. The highest BCUT2D eigenvalue weighted by Gasteiger charge is 2.15. The summed E-state index contributed by atoms with van der Waals surface area (Å²) < 4.78 is 3.60. The maximum Gasteiger partial charge on any atom is 0.112 e. The quantitative estimate of drug-likeness (QED) is 0.495. The van der Waals surface area contributed by atoms with Gasteiger partial charge in [0.25, 0.3) is 0 Å². The Hall–Kier alpha value is 0.394. The fourth-order valence-electron chi connectivity index (χ4n) is 1.12. The van der Waals surface area contributed by atoms with Crippen molar-refractivity contribution in [1.82, 2.24) is 4.65 Å². The maximum absolute atomic E-state index is 3.60. The van der Waals surface area contributed by atoms with E-state index in [0.717, 1.165) is 0 Å². The summed E-state index contributed by atoms with van der Waals surface area (Å²) in [5.74, 6) is 0. The van der Waals surface area contributed by atoms with Gasteiger partial charge >= 0.3 is 0 Å². The zero-order chi connectivity index (χ0) is 8.74. The Morgan fingerprint density at radius 2 is 1.82 bits per heavy atom. The van der Waals surface area contributed by atoms with E-state index in [1.54, 1.807) is 0 Å². The molecule has 0 amide bonds. The summed E-state index contributed by atoms with van der Waals surface area (Å²) in [6.07, 6.45) is 5.67. The van der Waals surface area contributed by atoms with Crippen molar-refractivity contribution in [2.75, 3.05) is 0 Å². The standard InChI is InChI=1S/C8H23NSi2/c1-4-5-6-7-8-11(2,3)9-10/h9H,4-8H2,1-3,10H3. The van der Waals surface area contributed by atoms with Crippen LogP contribution in [0, 0.1) is 0 Å². The second-order valence-corrected chi connectivity index (χ2v) is 10.2. The SMILES string of the molecule is CCCCCC[Si](C)(C)N[SiH3]. The molecule has 1 nitrogen and oxygen atoms in total. The van der Waals surface area contributed by atoms with Gasteiger partial charge in [-0.15, -0.1) is 0 Å². The average molecular weight is 189 g/mol. The van der Waals surface area contributed by atoms with Crippen LogP contribution in [0.15, 0.2) is 0 Å². The molecule has 0 heterocycles. The summed E-state index contributed by atoms with van der Waals surface area (Å²) in [6, 6.07) is 1.47. The van der Waals surface area contributed by atoms with Crippen LogP contribution in [0.2, 0.25) is 19.1 Å². The van der Waals surface area contributed by atoms with Gasteiger partial charge in [-0.1, -0.05) is 45.7 Å². The van der Waals surface area contributed by atoms with Crippen LogP contribution in [-0.4, -0.2) is 18.6 Å². The van der Waals surface area contributed by atoms with Crippen molar-refractivity contribution in [3.05, 3.63) is 0 Å². The first-order valence-electron chi connectivity index (χ1n) is 4.81. The van der Waals surface area contributed by atoms with Crippen molar-refractivity contribution in [1.29, 1.82) is 0 Å². The molecule has 0 saturated carbocycles. The van der Waals surface area contributed by atoms with E-state index in [0.29, 0.717) is 0 Å². The van der Waals surface area contributed by atoms with E-state index in [2.05, 4.69) is 24.7 Å². The lowest BCUT2D eigenvalue weighted by Gasteiger charge is -2.20. The molecule has 0 saturated heterocycles. The first-order chi connectivity index (χ1) is 5.12. The first-order valence-corrected chi connectivity index (χ1v) is 9.02. The second-order valence-electron chi connectivity index (χ2n) is 3.94. The molecule has 0 aromatic heterocycles. The summed E-state index contributed by atoms with van der Waals surface area (Å²) in [5, 5.41) is 0.